The maximum absolute atomic E-state index is 9.59. The molecular weight excluding hydrogens is 198 g/mol. The monoisotopic (exact) mass is 209 g/mol. The lowest BCUT2D eigenvalue weighted by molar-refractivity contribution is 0.468. The summed E-state index contributed by atoms with van der Waals surface area (Å²) in [7, 11) is 0. The zero-order valence-corrected chi connectivity index (χ0v) is 8.97. The highest BCUT2D eigenvalue weighted by atomic mass is 35.5. The number of hydrogen-bond donors (Lipinski definition) is 1. The third-order valence-electron chi connectivity index (χ3n) is 2.09. The second kappa shape index (κ2) is 4.34. The van der Waals surface area contributed by atoms with E-state index in [1.165, 1.54) is 0 Å². The van der Waals surface area contributed by atoms with Crippen LogP contribution >= 0.6 is 11.6 Å². The summed E-state index contributed by atoms with van der Waals surface area (Å²) >= 11 is 6.01. The molecule has 0 amide bonds. The lowest BCUT2D eigenvalue weighted by Gasteiger charge is -2.10. The Hall–Kier alpha value is -1.20. The van der Waals surface area contributed by atoms with Crippen molar-refractivity contribution < 1.29 is 5.11 Å². The predicted molar refractivity (Wildman–Crippen MR) is 56.5 cm³/mol. The van der Waals surface area contributed by atoms with Gasteiger partial charge in [0.15, 0.2) is 0 Å². The molecule has 1 N–H and O–H groups in total. The van der Waals surface area contributed by atoms with Gasteiger partial charge in [0.25, 0.3) is 0 Å². The quantitative estimate of drug-likeness (QED) is 0.813. The van der Waals surface area contributed by atoms with Crippen LogP contribution in [0.3, 0.4) is 0 Å². The van der Waals surface area contributed by atoms with E-state index in [4.69, 9.17) is 16.9 Å². The van der Waals surface area contributed by atoms with E-state index in [1.807, 2.05) is 19.9 Å². The van der Waals surface area contributed by atoms with Crippen molar-refractivity contribution in [3.63, 3.8) is 0 Å². The zero-order chi connectivity index (χ0) is 10.7. The first-order chi connectivity index (χ1) is 6.56. The number of hydrogen-bond acceptors (Lipinski definition) is 2. The van der Waals surface area contributed by atoms with Gasteiger partial charge < -0.3 is 5.11 Å². The van der Waals surface area contributed by atoms with Crippen molar-refractivity contribution in [2.24, 2.45) is 0 Å². The van der Waals surface area contributed by atoms with Crippen LogP contribution in [-0.4, -0.2) is 5.11 Å². The van der Waals surface area contributed by atoms with Crippen LogP contribution in [0.4, 0.5) is 0 Å². The van der Waals surface area contributed by atoms with Crippen LogP contribution in [0.2, 0.25) is 5.02 Å². The van der Waals surface area contributed by atoms with Gasteiger partial charge in [0, 0.05) is 10.6 Å². The van der Waals surface area contributed by atoms with Gasteiger partial charge in [0.1, 0.15) is 5.75 Å². The fourth-order valence-corrected chi connectivity index (χ4v) is 1.69. The summed E-state index contributed by atoms with van der Waals surface area (Å²) < 4.78 is 0. The highest BCUT2D eigenvalue weighted by Crippen LogP contribution is 2.31. The molecule has 0 aliphatic carbocycles. The zero-order valence-electron chi connectivity index (χ0n) is 8.21. The third kappa shape index (κ3) is 2.18. The summed E-state index contributed by atoms with van der Waals surface area (Å²) in [6, 6.07) is 5.28. The van der Waals surface area contributed by atoms with Crippen LogP contribution in [0.5, 0.6) is 5.75 Å². The Morgan fingerprint density at radius 1 is 1.50 bits per heavy atom. The fourth-order valence-electron chi connectivity index (χ4n) is 1.29. The molecule has 3 heteroatoms. The smallest absolute Gasteiger partial charge is 0.120 e. The largest absolute Gasteiger partial charge is 0.508 e. The number of nitrogens with zero attached hydrogens (tertiary/aromatic N) is 1. The van der Waals surface area contributed by atoms with Gasteiger partial charge in [0.2, 0.25) is 0 Å². The average molecular weight is 210 g/mol. The molecule has 0 saturated carbocycles. The molecule has 1 rings (SSSR count). The normalized spacial score (nSPS) is 10.2. The number of halogens is 1. The van der Waals surface area contributed by atoms with Crippen LogP contribution in [0, 0.1) is 11.3 Å². The lowest BCUT2D eigenvalue weighted by atomic mass is 10.00. The van der Waals surface area contributed by atoms with Gasteiger partial charge in [-0.3, -0.25) is 0 Å². The summed E-state index contributed by atoms with van der Waals surface area (Å²) in [5.74, 6) is 0.421. The van der Waals surface area contributed by atoms with Crippen molar-refractivity contribution in [1.29, 1.82) is 5.26 Å². The van der Waals surface area contributed by atoms with Crippen molar-refractivity contribution in [3.05, 3.63) is 28.3 Å². The van der Waals surface area contributed by atoms with E-state index in [0.717, 1.165) is 5.56 Å². The number of phenols is 1. The van der Waals surface area contributed by atoms with Gasteiger partial charge >= 0.3 is 0 Å². The average Bonchev–Trinajstić information content (AvgIpc) is 2.10. The molecule has 1 aromatic carbocycles. The number of aromatic hydroxyl groups is 1. The van der Waals surface area contributed by atoms with Gasteiger partial charge in [-0.15, -0.1) is 0 Å². The summed E-state index contributed by atoms with van der Waals surface area (Å²) in [4.78, 5) is 0. The van der Waals surface area contributed by atoms with Crippen LogP contribution in [-0.2, 0) is 6.42 Å². The van der Waals surface area contributed by atoms with Crippen LogP contribution < -0.4 is 0 Å². The Balaban J connectivity index is 3.18. The van der Waals surface area contributed by atoms with Gasteiger partial charge in [-0.25, -0.2) is 0 Å². The minimum absolute atomic E-state index is 0.152. The van der Waals surface area contributed by atoms with E-state index >= 15 is 0 Å². The maximum Gasteiger partial charge on any atom is 0.120 e. The number of rotatable bonds is 2. The first-order valence-corrected chi connectivity index (χ1v) is 4.82. The SMILES string of the molecule is CC(C)c1cc(O)c(CC#N)cc1Cl. The standard InChI is InChI=1S/C11H12ClNO/c1-7(2)9-6-11(14)8(3-4-13)5-10(9)12/h5-7,14H,3H2,1-2H3. The van der Waals surface area contributed by atoms with Crippen molar-refractivity contribution >= 4 is 11.6 Å². The predicted octanol–water partition coefficient (Wildman–Crippen LogP) is 3.24. The van der Waals surface area contributed by atoms with Crippen molar-refractivity contribution in [3.8, 4) is 11.8 Å². The Bertz CT molecular complexity index is 380. The van der Waals surface area contributed by atoms with Crippen molar-refractivity contribution in [2.45, 2.75) is 26.2 Å². The Labute approximate surface area is 88.7 Å². The molecule has 0 heterocycles. The summed E-state index contributed by atoms with van der Waals surface area (Å²) in [6.07, 6.45) is 0.184. The third-order valence-corrected chi connectivity index (χ3v) is 2.42. The number of nitriles is 1. The molecule has 0 aromatic heterocycles. The second-order valence-corrected chi connectivity index (χ2v) is 3.90. The first-order valence-electron chi connectivity index (χ1n) is 4.44. The first kappa shape index (κ1) is 10.9. The van der Waals surface area contributed by atoms with E-state index in [0.29, 0.717) is 10.6 Å². The highest BCUT2D eigenvalue weighted by Gasteiger charge is 2.10. The molecule has 1 aromatic rings. The Kier molecular flexibility index (Phi) is 3.38. The topological polar surface area (TPSA) is 44.0 Å². The molecule has 0 fully saturated rings. The van der Waals surface area contributed by atoms with Crippen molar-refractivity contribution in [1.82, 2.24) is 0 Å². The summed E-state index contributed by atoms with van der Waals surface area (Å²) in [5.41, 5.74) is 1.49. The maximum atomic E-state index is 9.59. The fraction of sp³-hybridized carbons (Fsp3) is 0.364. The van der Waals surface area contributed by atoms with E-state index in [-0.39, 0.29) is 18.1 Å². The molecule has 0 radical (unpaired) electrons. The lowest BCUT2D eigenvalue weighted by Crippen LogP contribution is -1.92. The molecule has 74 valence electrons. The molecule has 2 nitrogen and oxygen atoms in total. The van der Waals surface area contributed by atoms with Gasteiger partial charge in [-0.2, -0.15) is 5.26 Å². The molecule has 0 saturated heterocycles. The van der Waals surface area contributed by atoms with Gasteiger partial charge in [-0.1, -0.05) is 25.4 Å². The summed E-state index contributed by atoms with van der Waals surface area (Å²) in [5, 5.41) is 18.7. The minimum Gasteiger partial charge on any atom is -0.508 e. The van der Waals surface area contributed by atoms with Crippen LogP contribution in [0.25, 0.3) is 0 Å². The van der Waals surface area contributed by atoms with E-state index in [1.54, 1.807) is 12.1 Å². The summed E-state index contributed by atoms with van der Waals surface area (Å²) in [6.45, 7) is 4.01. The molecule has 0 atom stereocenters. The van der Waals surface area contributed by atoms with Crippen LogP contribution in [0.1, 0.15) is 30.9 Å². The Morgan fingerprint density at radius 3 is 2.64 bits per heavy atom. The second-order valence-electron chi connectivity index (χ2n) is 3.49. The molecular formula is C11H12ClNO. The van der Waals surface area contributed by atoms with E-state index < -0.39 is 0 Å². The van der Waals surface area contributed by atoms with Gasteiger partial charge in [0.05, 0.1) is 12.5 Å². The molecule has 14 heavy (non-hydrogen) atoms. The van der Waals surface area contributed by atoms with Crippen LogP contribution in [0.15, 0.2) is 12.1 Å². The van der Waals surface area contributed by atoms with E-state index in [2.05, 4.69) is 0 Å². The number of phenolic OH excluding ortho intramolecular Hbond substituents is 1. The van der Waals surface area contributed by atoms with E-state index in [9.17, 15) is 5.11 Å². The molecule has 0 bridgehead atoms. The van der Waals surface area contributed by atoms with Crippen molar-refractivity contribution in [2.75, 3.05) is 0 Å². The Morgan fingerprint density at radius 2 is 2.14 bits per heavy atom. The molecule has 0 spiro atoms. The molecule has 0 aliphatic rings. The molecule has 0 unspecified atom stereocenters. The minimum atomic E-state index is 0.152. The number of benzene rings is 1. The van der Waals surface area contributed by atoms with Gasteiger partial charge in [-0.05, 0) is 23.6 Å². The molecule has 0 aliphatic heterocycles. The highest BCUT2D eigenvalue weighted by molar-refractivity contribution is 6.31.